The molecule has 1 aromatic rings. The number of halogens is 1. The minimum Gasteiger partial charge on any atom is -0.378 e. The average Bonchev–Trinajstić information content (AvgIpc) is 3.37. The molecule has 1 aliphatic heterocycles. The van der Waals surface area contributed by atoms with Crippen LogP contribution in [0.3, 0.4) is 0 Å². The van der Waals surface area contributed by atoms with Gasteiger partial charge >= 0.3 is 0 Å². The summed E-state index contributed by atoms with van der Waals surface area (Å²) in [6, 6.07) is 2.29. The van der Waals surface area contributed by atoms with Crippen LogP contribution in [-0.2, 0) is 16.0 Å². The molecular formula is C19H27ClN2O2. The van der Waals surface area contributed by atoms with Gasteiger partial charge in [0.05, 0.1) is 11.7 Å². The molecule has 0 aromatic carbocycles. The predicted octanol–water partition coefficient (Wildman–Crippen LogP) is 3.67. The molecule has 4 nitrogen and oxygen atoms in total. The Morgan fingerprint density at radius 3 is 2.96 bits per heavy atom. The number of fused-ring (bicyclic) bond motifs is 1. The van der Waals surface area contributed by atoms with Crippen LogP contribution in [-0.4, -0.2) is 47.9 Å². The van der Waals surface area contributed by atoms with Gasteiger partial charge in [0.15, 0.2) is 0 Å². The van der Waals surface area contributed by atoms with Gasteiger partial charge in [-0.3, -0.25) is 9.88 Å². The summed E-state index contributed by atoms with van der Waals surface area (Å²) < 4.78 is 12.2. The second-order valence-electron chi connectivity index (χ2n) is 7.65. The summed E-state index contributed by atoms with van der Waals surface area (Å²) in [5, 5.41) is 0.803. The summed E-state index contributed by atoms with van der Waals surface area (Å²) in [5.74, 6) is 0.827. The highest BCUT2D eigenvalue weighted by molar-refractivity contribution is 6.31. The maximum atomic E-state index is 6.34. The molecule has 2 saturated carbocycles. The Balaban J connectivity index is 1.45. The molecule has 2 aliphatic carbocycles. The van der Waals surface area contributed by atoms with Crippen LogP contribution in [0.15, 0.2) is 18.5 Å². The Bertz CT molecular complexity index is 580. The van der Waals surface area contributed by atoms with Crippen LogP contribution < -0.4 is 0 Å². The van der Waals surface area contributed by atoms with Gasteiger partial charge in [0.1, 0.15) is 0 Å². The van der Waals surface area contributed by atoms with Gasteiger partial charge in [0, 0.05) is 55.8 Å². The molecule has 0 bridgehead atoms. The first-order valence-corrected chi connectivity index (χ1v) is 9.57. The van der Waals surface area contributed by atoms with Gasteiger partial charge in [0.25, 0.3) is 0 Å². The van der Waals surface area contributed by atoms with E-state index in [2.05, 4.69) is 9.88 Å². The van der Waals surface area contributed by atoms with E-state index >= 15 is 0 Å². The van der Waals surface area contributed by atoms with Crippen LogP contribution in [0.4, 0.5) is 0 Å². The lowest BCUT2D eigenvalue weighted by Crippen LogP contribution is -2.51. The summed E-state index contributed by atoms with van der Waals surface area (Å²) in [7, 11) is 1.87. The summed E-state index contributed by atoms with van der Waals surface area (Å²) in [6.07, 6.45) is 11.1. The van der Waals surface area contributed by atoms with Crippen LogP contribution in [0, 0.1) is 5.92 Å². The number of methoxy groups -OCH3 is 1. The molecule has 3 atom stereocenters. The number of rotatable bonds is 6. The second-order valence-corrected chi connectivity index (χ2v) is 8.05. The van der Waals surface area contributed by atoms with Crippen molar-refractivity contribution in [3.05, 3.63) is 29.0 Å². The zero-order valence-electron chi connectivity index (χ0n) is 14.4. The van der Waals surface area contributed by atoms with Crippen molar-refractivity contribution in [3.8, 4) is 0 Å². The van der Waals surface area contributed by atoms with Crippen molar-refractivity contribution in [2.24, 2.45) is 5.92 Å². The van der Waals surface area contributed by atoms with Gasteiger partial charge in [-0.15, -0.1) is 0 Å². The number of hydrogen-bond donors (Lipinski definition) is 0. The van der Waals surface area contributed by atoms with E-state index in [4.69, 9.17) is 21.1 Å². The molecule has 0 unspecified atom stereocenters. The Kier molecular flexibility index (Phi) is 4.83. The number of hydrogen-bond acceptors (Lipinski definition) is 4. The number of likely N-dealkylation sites (tertiary alicyclic amines) is 1. The third kappa shape index (κ3) is 3.34. The molecule has 0 spiro atoms. The summed E-state index contributed by atoms with van der Waals surface area (Å²) >= 11 is 6.34. The Morgan fingerprint density at radius 2 is 2.21 bits per heavy atom. The fourth-order valence-corrected chi connectivity index (χ4v) is 4.56. The highest BCUT2D eigenvalue weighted by atomic mass is 35.5. The molecule has 2 heterocycles. The van der Waals surface area contributed by atoms with E-state index in [1.165, 1.54) is 12.8 Å². The zero-order valence-corrected chi connectivity index (χ0v) is 15.2. The highest BCUT2D eigenvalue weighted by Crippen LogP contribution is 2.44. The number of ether oxygens (including phenoxy) is 2. The molecular weight excluding hydrogens is 324 g/mol. The summed E-state index contributed by atoms with van der Waals surface area (Å²) in [4.78, 5) is 6.76. The molecule has 0 radical (unpaired) electrons. The van der Waals surface area contributed by atoms with Crippen molar-refractivity contribution < 1.29 is 9.47 Å². The van der Waals surface area contributed by atoms with Crippen LogP contribution in [0.25, 0.3) is 0 Å². The predicted molar refractivity (Wildman–Crippen MR) is 94.1 cm³/mol. The standard InChI is InChI=1S/C19H27ClN2O2/c1-23-19-6-4-16(24-13-14-2-3-14)10-18(19)22(9-7-19)12-15-11-21-8-5-17(15)20/h5,8,11,14,16,18H,2-4,6-7,9-10,12-13H2,1H3/t16-,18-,19+/m0/s1. The van der Waals surface area contributed by atoms with Crippen molar-refractivity contribution in [1.29, 1.82) is 0 Å². The van der Waals surface area contributed by atoms with Crippen molar-refractivity contribution >= 4 is 11.6 Å². The van der Waals surface area contributed by atoms with Crippen LogP contribution in [0.1, 0.15) is 44.1 Å². The first-order valence-electron chi connectivity index (χ1n) is 9.19. The van der Waals surface area contributed by atoms with E-state index in [1.54, 1.807) is 6.20 Å². The molecule has 3 aliphatic rings. The molecule has 132 valence electrons. The Hall–Kier alpha value is -0.680. The van der Waals surface area contributed by atoms with Gasteiger partial charge in [-0.05, 0) is 50.5 Å². The van der Waals surface area contributed by atoms with E-state index in [-0.39, 0.29) is 5.60 Å². The number of nitrogens with zero attached hydrogens (tertiary/aromatic N) is 2. The average molecular weight is 351 g/mol. The fourth-order valence-electron chi connectivity index (χ4n) is 4.40. The van der Waals surface area contributed by atoms with E-state index in [0.29, 0.717) is 12.1 Å². The minimum absolute atomic E-state index is 0.00583. The SMILES string of the molecule is CO[C@@]12CC[C@H](OCC3CC3)C[C@@H]1N(Cc1cnccc1Cl)CC2. The molecule has 0 N–H and O–H groups in total. The lowest BCUT2D eigenvalue weighted by atomic mass is 9.79. The summed E-state index contributed by atoms with van der Waals surface area (Å²) in [5.41, 5.74) is 1.10. The Morgan fingerprint density at radius 1 is 1.33 bits per heavy atom. The van der Waals surface area contributed by atoms with Crippen molar-refractivity contribution in [2.75, 3.05) is 20.3 Å². The maximum absolute atomic E-state index is 6.34. The second kappa shape index (κ2) is 6.91. The molecule has 24 heavy (non-hydrogen) atoms. The van der Waals surface area contributed by atoms with Gasteiger partial charge < -0.3 is 9.47 Å². The highest BCUT2D eigenvalue weighted by Gasteiger charge is 2.51. The molecule has 0 amide bonds. The largest absolute Gasteiger partial charge is 0.378 e. The summed E-state index contributed by atoms with van der Waals surface area (Å²) in [6.45, 7) is 2.85. The number of pyridine rings is 1. The van der Waals surface area contributed by atoms with Crippen molar-refractivity contribution in [2.45, 2.75) is 62.8 Å². The fraction of sp³-hybridized carbons (Fsp3) is 0.737. The third-order valence-corrected chi connectivity index (χ3v) is 6.50. The first-order chi connectivity index (χ1) is 11.7. The van der Waals surface area contributed by atoms with Crippen LogP contribution in [0.2, 0.25) is 5.02 Å². The molecule has 1 saturated heterocycles. The molecule has 1 aromatic heterocycles. The lowest BCUT2D eigenvalue weighted by Gasteiger charge is -2.43. The smallest absolute Gasteiger partial charge is 0.0847 e. The van der Waals surface area contributed by atoms with Gasteiger partial charge in [-0.25, -0.2) is 0 Å². The monoisotopic (exact) mass is 350 g/mol. The van der Waals surface area contributed by atoms with Crippen molar-refractivity contribution in [3.63, 3.8) is 0 Å². The lowest BCUT2D eigenvalue weighted by molar-refractivity contribution is -0.103. The van der Waals surface area contributed by atoms with E-state index in [0.717, 1.165) is 61.9 Å². The molecule has 4 rings (SSSR count). The first kappa shape index (κ1) is 16.8. The zero-order chi connectivity index (χ0) is 16.6. The topological polar surface area (TPSA) is 34.6 Å². The normalized spacial score (nSPS) is 33.6. The van der Waals surface area contributed by atoms with E-state index in [9.17, 15) is 0 Å². The van der Waals surface area contributed by atoms with E-state index in [1.807, 2.05) is 19.4 Å². The minimum atomic E-state index is -0.00583. The number of aromatic nitrogens is 1. The third-order valence-electron chi connectivity index (χ3n) is 6.13. The van der Waals surface area contributed by atoms with Gasteiger partial charge in [-0.2, -0.15) is 0 Å². The Labute approximate surface area is 149 Å². The van der Waals surface area contributed by atoms with Crippen LogP contribution in [0.5, 0.6) is 0 Å². The molecule has 5 heteroatoms. The van der Waals surface area contributed by atoms with Gasteiger partial charge in [0.2, 0.25) is 0 Å². The quantitative estimate of drug-likeness (QED) is 0.784. The maximum Gasteiger partial charge on any atom is 0.0847 e. The van der Waals surface area contributed by atoms with E-state index < -0.39 is 0 Å². The molecule has 3 fully saturated rings. The van der Waals surface area contributed by atoms with Gasteiger partial charge in [-0.1, -0.05) is 11.6 Å². The van der Waals surface area contributed by atoms with Crippen LogP contribution >= 0.6 is 11.6 Å². The van der Waals surface area contributed by atoms with Crippen molar-refractivity contribution in [1.82, 2.24) is 9.88 Å².